The van der Waals surface area contributed by atoms with Crippen LogP contribution in [0.25, 0.3) is 11.1 Å². The van der Waals surface area contributed by atoms with E-state index in [2.05, 4.69) is 11.1 Å². The second-order valence-electron chi connectivity index (χ2n) is 5.29. The average Bonchev–Trinajstić information content (AvgIpc) is 2.52. The number of aromatic nitrogens is 1. The third-order valence-electron chi connectivity index (χ3n) is 3.19. The molecule has 0 aliphatic rings. The van der Waals surface area contributed by atoms with Gasteiger partial charge in [0.15, 0.2) is 0 Å². The lowest BCUT2D eigenvalue weighted by atomic mass is 10.0. The first-order valence-corrected chi connectivity index (χ1v) is 7.31. The summed E-state index contributed by atoms with van der Waals surface area (Å²) in [7, 11) is 0. The van der Waals surface area contributed by atoms with E-state index in [0.717, 1.165) is 22.4 Å². The topological polar surface area (TPSA) is 55.1 Å². The monoisotopic (exact) mass is 296 g/mol. The molecule has 0 fully saturated rings. The van der Waals surface area contributed by atoms with Crippen molar-refractivity contribution < 1.29 is 9.47 Å². The van der Waals surface area contributed by atoms with Crippen LogP contribution in [0, 0.1) is 18.3 Å². The van der Waals surface area contributed by atoms with E-state index in [0.29, 0.717) is 18.9 Å². The van der Waals surface area contributed by atoms with Gasteiger partial charge < -0.3 is 9.47 Å². The number of hydrogen-bond donors (Lipinski definition) is 0. The summed E-state index contributed by atoms with van der Waals surface area (Å²) in [5.41, 5.74) is 3.52. The highest BCUT2D eigenvalue weighted by molar-refractivity contribution is 5.68. The van der Waals surface area contributed by atoms with Crippen LogP contribution in [0.15, 0.2) is 36.5 Å². The Morgan fingerprint density at radius 3 is 2.55 bits per heavy atom. The lowest BCUT2D eigenvalue weighted by molar-refractivity contribution is 0.0553. The summed E-state index contributed by atoms with van der Waals surface area (Å²) in [6.07, 6.45) is 1.94. The summed E-state index contributed by atoms with van der Waals surface area (Å²) < 4.78 is 11.1. The van der Waals surface area contributed by atoms with Crippen molar-refractivity contribution in [2.45, 2.75) is 26.9 Å². The minimum absolute atomic E-state index is 0.218. The highest BCUT2D eigenvalue weighted by Gasteiger charge is 2.05. The van der Waals surface area contributed by atoms with Gasteiger partial charge in [0.05, 0.1) is 12.7 Å². The van der Waals surface area contributed by atoms with Gasteiger partial charge in [-0.1, -0.05) is 12.1 Å². The van der Waals surface area contributed by atoms with Gasteiger partial charge in [-0.15, -0.1) is 0 Å². The summed E-state index contributed by atoms with van der Waals surface area (Å²) in [5, 5.41) is 8.96. The molecule has 0 N–H and O–H groups in total. The standard InChI is InChI=1S/C18H20N2O2/c1-13(2)21-8-9-22-17-6-4-15(5-7-17)18-10-16(11-19)20-12-14(18)3/h4-7,10,12-13H,8-9H2,1-3H3. The van der Waals surface area contributed by atoms with E-state index < -0.39 is 0 Å². The zero-order valence-corrected chi connectivity index (χ0v) is 13.2. The number of pyridine rings is 1. The van der Waals surface area contributed by atoms with Gasteiger partial charge in [-0.25, -0.2) is 4.98 Å². The molecule has 0 aliphatic carbocycles. The second kappa shape index (κ2) is 7.58. The second-order valence-corrected chi connectivity index (χ2v) is 5.29. The minimum atomic E-state index is 0.218. The Hall–Kier alpha value is -2.38. The van der Waals surface area contributed by atoms with E-state index in [-0.39, 0.29) is 6.10 Å². The molecule has 0 saturated carbocycles. The Labute approximate surface area is 131 Å². The van der Waals surface area contributed by atoms with Gasteiger partial charge in [0, 0.05) is 6.20 Å². The molecule has 0 radical (unpaired) electrons. The molecule has 0 atom stereocenters. The first-order valence-electron chi connectivity index (χ1n) is 7.31. The number of ether oxygens (including phenoxy) is 2. The lowest BCUT2D eigenvalue weighted by Gasteiger charge is -2.10. The average molecular weight is 296 g/mol. The minimum Gasteiger partial charge on any atom is -0.491 e. The van der Waals surface area contributed by atoms with Gasteiger partial charge in [-0.2, -0.15) is 5.26 Å². The van der Waals surface area contributed by atoms with Crippen LogP contribution in [0.2, 0.25) is 0 Å². The first kappa shape index (κ1) is 16.0. The fourth-order valence-corrected chi connectivity index (χ4v) is 2.07. The summed E-state index contributed by atoms with van der Waals surface area (Å²) in [5.74, 6) is 0.809. The molecule has 0 saturated heterocycles. The molecule has 1 aromatic heterocycles. The van der Waals surface area contributed by atoms with Gasteiger partial charge in [-0.05, 0) is 55.7 Å². The maximum Gasteiger partial charge on any atom is 0.141 e. The fraction of sp³-hybridized carbons (Fsp3) is 0.333. The molecule has 0 spiro atoms. The van der Waals surface area contributed by atoms with Crippen molar-refractivity contribution in [3.05, 3.63) is 47.8 Å². The van der Waals surface area contributed by atoms with Gasteiger partial charge >= 0.3 is 0 Å². The number of hydrogen-bond acceptors (Lipinski definition) is 4. The van der Waals surface area contributed by atoms with Crippen molar-refractivity contribution in [1.29, 1.82) is 5.26 Å². The number of benzene rings is 1. The summed E-state index contributed by atoms with van der Waals surface area (Å²) >= 11 is 0. The normalized spacial score (nSPS) is 10.5. The Morgan fingerprint density at radius 2 is 1.91 bits per heavy atom. The van der Waals surface area contributed by atoms with Crippen LogP contribution in [0.5, 0.6) is 5.75 Å². The summed E-state index contributed by atoms with van der Waals surface area (Å²) in [4.78, 5) is 4.06. The maximum atomic E-state index is 8.96. The van der Waals surface area contributed by atoms with Gasteiger partial charge in [-0.3, -0.25) is 0 Å². The van der Waals surface area contributed by atoms with Crippen LogP contribution in [-0.2, 0) is 4.74 Å². The van der Waals surface area contributed by atoms with Crippen LogP contribution in [-0.4, -0.2) is 24.3 Å². The van der Waals surface area contributed by atoms with Crippen molar-refractivity contribution in [3.8, 4) is 22.9 Å². The lowest BCUT2D eigenvalue weighted by Crippen LogP contribution is -2.11. The van der Waals surface area contributed by atoms with Crippen molar-refractivity contribution in [2.75, 3.05) is 13.2 Å². The molecule has 2 rings (SSSR count). The molecule has 0 unspecified atom stereocenters. The molecule has 4 nitrogen and oxygen atoms in total. The van der Waals surface area contributed by atoms with Crippen molar-refractivity contribution in [3.63, 3.8) is 0 Å². The molecule has 0 amide bonds. The molecule has 1 aromatic carbocycles. The Morgan fingerprint density at radius 1 is 1.18 bits per heavy atom. The molecule has 0 aliphatic heterocycles. The molecule has 4 heteroatoms. The molecule has 1 heterocycles. The van der Waals surface area contributed by atoms with E-state index in [4.69, 9.17) is 14.7 Å². The molecule has 2 aromatic rings. The SMILES string of the molecule is Cc1cnc(C#N)cc1-c1ccc(OCCOC(C)C)cc1. The van der Waals surface area contributed by atoms with E-state index in [1.165, 1.54) is 0 Å². The predicted octanol–water partition coefficient (Wildman–Crippen LogP) is 3.73. The zero-order valence-electron chi connectivity index (χ0n) is 13.2. The molecule has 22 heavy (non-hydrogen) atoms. The highest BCUT2D eigenvalue weighted by Crippen LogP contribution is 2.25. The fourth-order valence-electron chi connectivity index (χ4n) is 2.07. The van der Waals surface area contributed by atoms with E-state index >= 15 is 0 Å². The zero-order chi connectivity index (χ0) is 15.9. The first-order chi connectivity index (χ1) is 10.6. The van der Waals surface area contributed by atoms with Crippen LogP contribution in [0.4, 0.5) is 0 Å². The van der Waals surface area contributed by atoms with Crippen LogP contribution in [0.1, 0.15) is 25.1 Å². The highest BCUT2D eigenvalue weighted by atomic mass is 16.5. The van der Waals surface area contributed by atoms with Crippen LogP contribution >= 0.6 is 0 Å². The molecular weight excluding hydrogens is 276 g/mol. The van der Waals surface area contributed by atoms with Crippen molar-refractivity contribution in [1.82, 2.24) is 4.98 Å². The van der Waals surface area contributed by atoms with Gasteiger partial charge in [0.1, 0.15) is 24.1 Å². The summed E-state index contributed by atoms with van der Waals surface area (Å²) in [6, 6.07) is 11.7. The smallest absolute Gasteiger partial charge is 0.141 e. The summed E-state index contributed by atoms with van der Waals surface area (Å²) in [6.45, 7) is 7.10. The van der Waals surface area contributed by atoms with Gasteiger partial charge in [0.25, 0.3) is 0 Å². The van der Waals surface area contributed by atoms with Crippen LogP contribution < -0.4 is 4.74 Å². The molecule has 114 valence electrons. The van der Waals surface area contributed by atoms with Crippen molar-refractivity contribution in [2.24, 2.45) is 0 Å². The van der Waals surface area contributed by atoms with Gasteiger partial charge in [0.2, 0.25) is 0 Å². The van der Waals surface area contributed by atoms with E-state index in [9.17, 15) is 0 Å². The van der Waals surface area contributed by atoms with E-state index in [1.807, 2.05) is 51.1 Å². The number of nitrogens with zero attached hydrogens (tertiary/aromatic N) is 2. The predicted molar refractivity (Wildman–Crippen MR) is 85.7 cm³/mol. The van der Waals surface area contributed by atoms with Crippen molar-refractivity contribution >= 4 is 0 Å². The quantitative estimate of drug-likeness (QED) is 0.762. The third kappa shape index (κ3) is 4.31. The van der Waals surface area contributed by atoms with E-state index in [1.54, 1.807) is 6.20 Å². The van der Waals surface area contributed by atoms with Crippen LogP contribution in [0.3, 0.4) is 0 Å². The molecule has 0 bridgehead atoms. The number of aryl methyl sites for hydroxylation is 1. The number of nitriles is 1. The largest absolute Gasteiger partial charge is 0.491 e. The third-order valence-corrected chi connectivity index (χ3v) is 3.19. The number of rotatable bonds is 6. The Kier molecular flexibility index (Phi) is 5.51. The molecular formula is C18H20N2O2. The Balaban J connectivity index is 2.04. The Bertz CT molecular complexity index is 658. The maximum absolute atomic E-state index is 8.96.